The lowest BCUT2D eigenvalue weighted by atomic mass is 10.1. The molecular weight excluding hydrogens is 309 g/mol. The summed E-state index contributed by atoms with van der Waals surface area (Å²) in [5.41, 5.74) is -5.26. The Bertz CT molecular complexity index is 458. The molecule has 0 spiro atoms. The molecule has 0 saturated heterocycles. The van der Waals surface area contributed by atoms with Gasteiger partial charge in [0.15, 0.2) is 10.1 Å². The zero-order valence-corrected chi connectivity index (χ0v) is 14.6. The largest absolute Gasteiger partial charge is 0.741 e. The summed E-state index contributed by atoms with van der Waals surface area (Å²) in [6, 6.07) is 0. The summed E-state index contributed by atoms with van der Waals surface area (Å²) in [4.78, 5) is 2.23. The van der Waals surface area contributed by atoms with E-state index in [0.29, 0.717) is 0 Å². The van der Waals surface area contributed by atoms with Crippen molar-refractivity contribution in [1.82, 2.24) is 4.90 Å². The number of alkyl halides is 3. The van der Waals surface area contributed by atoms with Crippen LogP contribution in [0.3, 0.4) is 0 Å². The van der Waals surface area contributed by atoms with Crippen molar-refractivity contribution in [3.05, 3.63) is 0 Å². The molecule has 0 atom stereocenters. The van der Waals surface area contributed by atoms with Crippen LogP contribution >= 0.6 is 0 Å². The van der Waals surface area contributed by atoms with Crippen molar-refractivity contribution in [3.8, 4) is 0 Å². The van der Waals surface area contributed by atoms with Crippen molar-refractivity contribution in [1.29, 1.82) is 0 Å². The van der Waals surface area contributed by atoms with E-state index in [2.05, 4.69) is 71.5 Å². The molecule has 0 aliphatic rings. The summed E-state index contributed by atoms with van der Waals surface area (Å²) in [7, 11) is -1.86. The fourth-order valence-electron chi connectivity index (χ4n) is 0.606. The van der Waals surface area contributed by atoms with Crippen LogP contribution in [0.1, 0.15) is 41.5 Å². The molecule has 0 aromatic heterocycles. The Labute approximate surface area is 125 Å². The summed E-state index contributed by atoms with van der Waals surface area (Å²) in [5, 5.41) is 0. The van der Waals surface area contributed by atoms with E-state index in [1.807, 2.05) is 0 Å². The molecule has 0 aromatic rings. The van der Waals surface area contributed by atoms with Gasteiger partial charge in [0.05, 0.1) is 25.2 Å². The van der Waals surface area contributed by atoms with Gasteiger partial charge < -0.3 is 4.55 Å². The average Bonchev–Trinajstić information content (AvgIpc) is 2.11. The van der Waals surface area contributed by atoms with Crippen LogP contribution in [-0.4, -0.2) is 59.5 Å². The summed E-state index contributed by atoms with van der Waals surface area (Å²) in [5.74, 6) is 0. The topological polar surface area (TPSA) is 63.5 Å². The van der Waals surface area contributed by atoms with E-state index < -0.39 is 15.6 Å². The highest BCUT2D eigenvalue weighted by molar-refractivity contribution is 7.86. The second kappa shape index (κ2) is 6.95. The SMILES string of the molecule is CN(C=[N+](C)C(C)(C)C)C(C)(C)C.O=S(=O)([O-])C(F)(F)F. The van der Waals surface area contributed by atoms with Crippen LogP contribution in [0.5, 0.6) is 0 Å². The first-order valence-electron chi connectivity index (χ1n) is 6.13. The quantitative estimate of drug-likeness (QED) is 0.243. The normalized spacial score (nSPS) is 14.4. The molecule has 21 heavy (non-hydrogen) atoms. The maximum Gasteiger partial charge on any atom is 0.485 e. The molecule has 0 unspecified atom stereocenters. The molecule has 0 heterocycles. The molecule has 0 saturated carbocycles. The Balaban J connectivity index is 0. The zero-order chi connectivity index (χ0) is 17.9. The van der Waals surface area contributed by atoms with Gasteiger partial charge in [0.1, 0.15) is 0 Å². The van der Waals surface area contributed by atoms with Gasteiger partial charge in [-0.25, -0.2) is 8.42 Å². The summed E-state index contributed by atoms with van der Waals surface area (Å²) >= 11 is 0. The fourth-order valence-corrected chi connectivity index (χ4v) is 0.606. The summed E-state index contributed by atoms with van der Waals surface area (Å²) < 4.78 is 61.1. The highest BCUT2D eigenvalue weighted by Crippen LogP contribution is 2.20. The van der Waals surface area contributed by atoms with Crippen molar-refractivity contribution in [2.24, 2.45) is 0 Å². The molecule has 0 radical (unpaired) electrons. The lowest BCUT2D eigenvalue weighted by Crippen LogP contribution is -2.42. The minimum atomic E-state index is -6.09. The lowest BCUT2D eigenvalue weighted by molar-refractivity contribution is -0.570. The molecular formula is C12H25F3N2O3S. The first kappa shape index (κ1) is 22.5. The standard InChI is InChI=1S/C11H25N2.CHF3O3S/c1-10(2,3)12(7)9-13(8)11(4,5)6;2-1(3,4)8(5,6)7/h9H,1-8H3;(H,5,6,7)/q+1;/p-1. The molecule has 0 aliphatic carbocycles. The summed E-state index contributed by atoms with van der Waals surface area (Å²) in [6.45, 7) is 13.3. The number of halogens is 3. The lowest BCUT2D eigenvalue weighted by Gasteiger charge is -2.27. The third-order valence-corrected chi connectivity index (χ3v) is 3.31. The molecule has 5 nitrogen and oxygen atoms in total. The molecule has 0 N–H and O–H groups in total. The van der Waals surface area contributed by atoms with Crippen LogP contribution in [0.2, 0.25) is 0 Å². The Hall–Kier alpha value is -0.830. The fraction of sp³-hybridized carbons (Fsp3) is 0.917. The Kier molecular flexibility index (Phi) is 7.43. The van der Waals surface area contributed by atoms with Gasteiger partial charge in [-0.3, -0.25) is 9.48 Å². The van der Waals surface area contributed by atoms with Crippen molar-refractivity contribution >= 4 is 16.5 Å². The minimum absolute atomic E-state index is 0.194. The first-order valence-corrected chi connectivity index (χ1v) is 7.54. The van der Waals surface area contributed by atoms with Gasteiger partial charge >= 0.3 is 5.51 Å². The molecule has 0 aromatic carbocycles. The first-order chi connectivity index (χ1) is 8.80. The number of nitrogens with zero attached hydrogens (tertiary/aromatic N) is 2. The van der Waals surface area contributed by atoms with E-state index in [9.17, 15) is 13.2 Å². The van der Waals surface area contributed by atoms with Gasteiger partial charge in [0.25, 0.3) is 0 Å². The van der Waals surface area contributed by atoms with E-state index >= 15 is 0 Å². The number of hydrogen-bond acceptors (Lipinski definition) is 3. The van der Waals surface area contributed by atoms with Crippen LogP contribution in [0.15, 0.2) is 0 Å². The average molecular weight is 334 g/mol. The van der Waals surface area contributed by atoms with E-state index in [-0.39, 0.29) is 11.1 Å². The van der Waals surface area contributed by atoms with Crippen LogP contribution < -0.4 is 0 Å². The molecule has 0 amide bonds. The molecule has 0 aliphatic heterocycles. The number of hydrogen-bond donors (Lipinski definition) is 0. The number of rotatable bonds is 1. The highest BCUT2D eigenvalue weighted by Gasteiger charge is 2.36. The van der Waals surface area contributed by atoms with Gasteiger partial charge in [0.2, 0.25) is 6.34 Å². The molecule has 0 bridgehead atoms. The van der Waals surface area contributed by atoms with Gasteiger partial charge in [-0.2, -0.15) is 13.2 Å². The minimum Gasteiger partial charge on any atom is -0.741 e. The van der Waals surface area contributed by atoms with Gasteiger partial charge in [-0.15, -0.1) is 0 Å². The third kappa shape index (κ3) is 9.67. The van der Waals surface area contributed by atoms with Crippen LogP contribution in [0, 0.1) is 0 Å². The maximum absolute atomic E-state index is 10.7. The predicted octanol–water partition coefficient (Wildman–Crippen LogP) is 2.24. The van der Waals surface area contributed by atoms with Crippen molar-refractivity contribution in [2.45, 2.75) is 58.1 Å². The van der Waals surface area contributed by atoms with E-state index in [1.165, 1.54) is 0 Å². The van der Waals surface area contributed by atoms with Crippen LogP contribution in [0.4, 0.5) is 13.2 Å². The van der Waals surface area contributed by atoms with Gasteiger partial charge in [-0.05, 0) is 41.5 Å². The Morgan fingerprint density at radius 2 is 1.33 bits per heavy atom. The molecule has 9 heteroatoms. The van der Waals surface area contributed by atoms with Crippen molar-refractivity contribution in [3.63, 3.8) is 0 Å². The monoisotopic (exact) mass is 334 g/mol. The van der Waals surface area contributed by atoms with Crippen molar-refractivity contribution < 1.29 is 30.7 Å². The highest BCUT2D eigenvalue weighted by atomic mass is 32.2. The van der Waals surface area contributed by atoms with Gasteiger partial charge in [0, 0.05) is 0 Å². The zero-order valence-electron chi connectivity index (χ0n) is 13.7. The predicted molar refractivity (Wildman–Crippen MR) is 75.3 cm³/mol. The van der Waals surface area contributed by atoms with Crippen LogP contribution in [0.25, 0.3) is 0 Å². The molecule has 128 valence electrons. The van der Waals surface area contributed by atoms with E-state index in [1.54, 1.807) is 0 Å². The van der Waals surface area contributed by atoms with Crippen molar-refractivity contribution in [2.75, 3.05) is 14.1 Å². The third-order valence-electron chi connectivity index (χ3n) is 2.75. The summed E-state index contributed by atoms with van der Waals surface area (Å²) in [6.07, 6.45) is 2.17. The maximum atomic E-state index is 10.7. The van der Waals surface area contributed by atoms with Gasteiger partial charge in [-0.1, -0.05) is 0 Å². The Morgan fingerprint density at radius 3 is 1.48 bits per heavy atom. The smallest absolute Gasteiger partial charge is 0.485 e. The molecule has 0 fully saturated rings. The second-order valence-electron chi connectivity index (χ2n) is 6.58. The molecule has 0 rings (SSSR count). The Morgan fingerprint density at radius 1 is 1.05 bits per heavy atom. The van der Waals surface area contributed by atoms with E-state index in [0.717, 1.165) is 0 Å². The van der Waals surface area contributed by atoms with Crippen LogP contribution in [-0.2, 0) is 10.1 Å². The van der Waals surface area contributed by atoms with E-state index in [4.69, 9.17) is 13.0 Å². The second-order valence-corrected chi connectivity index (χ2v) is 7.95.